The lowest BCUT2D eigenvalue weighted by atomic mass is 10.4. The van der Waals surface area contributed by atoms with Crippen molar-refractivity contribution in [2.24, 2.45) is 0 Å². The molecule has 2 aromatic heterocycles. The van der Waals surface area contributed by atoms with Crippen molar-refractivity contribution in [3.05, 3.63) is 28.6 Å². The lowest BCUT2D eigenvalue weighted by Gasteiger charge is -2.05. The van der Waals surface area contributed by atoms with Gasteiger partial charge in [-0.15, -0.1) is 0 Å². The van der Waals surface area contributed by atoms with E-state index in [1.54, 1.807) is 0 Å². The lowest BCUT2D eigenvalue weighted by molar-refractivity contribution is 0.896. The second kappa shape index (κ2) is 4.40. The van der Waals surface area contributed by atoms with Crippen molar-refractivity contribution < 1.29 is 0 Å². The maximum atomic E-state index is 4.48. The van der Waals surface area contributed by atoms with Gasteiger partial charge in [-0.1, -0.05) is 0 Å². The Kier molecular flexibility index (Phi) is 2.76. The summed E-state index contributed by atoms with van der Waals surface area (Å²) in [5.41, 5.74) is 0. The van der Waals surface area contributed by atoms with Crippen LogP contribution >= 0.6 is 15.9 Å². The zero-order valence-electron chi connectivity index (χ0n) is 9.02. The van der Waals surface area contributed by atoms with Crippen molar-refractivity contribution >= 4 is 21.7 Å². The number of nitrogens with one attached hydrogen (secondary N) is 2. The highest BCUT2D eigenvalue weighted by atomic mass is 79.9. The molecule has 17 heavy (non-hydrogen) atoms. The average molecular weight is 295 g/mol. The van der Waals surface area contributed by atoms with Crippen molar-refractivity contribution in [1.29, 1.82) is 0 Å². The van der Waals surface area contributed by atoms with Gasteiger partial charge in [-0.3, -0.25) is 5.10 Å². The summed E-state index contributed by atoms with van der Waals surface area (Å²) in [7, 11) is 0. The molecule has 2 aromatic rings. The number of rotatable bonds is 4. The van der Waals surface area contributed by atoms with E-state index in [0.29, 0.717) is 12.5 Å². The van der Waals surface area contributed by atoms with E-state index in [0.717, 1.165) is 22.1 Å². The zero-order valence-corrected chi connectivity index (χ0v) is 10.6. The maximum absolute atomic E-state index is 4.48. The third kappa shape index (κ3) is 2.60. The molecule has 0 atom stereocenters. The van der Waals surface area contributed by atoms with Crippen LogP contribution in [0.4, 0.5) is 5.82 Å². The topological polar surface area (TPSA) is 79.4 Å². The molecule has 1 saturated carbocycles. The summed E-state index contributed by atoms with van der Waals surface area (Å²) in [4.78, 5) is 12.9. The highest BCUT2D eigenvalue weighted by molar-refractivity contribution is 9.10. The molecule has 0 saturated heterocycles. The van der Waals surface area contributed by atoms with Gasteiger partial charge in [0.05, 0.1) is 6.54 Å². The monoisotopic (exact) mass is 294 g/mol. The van der Waals surface area contributed by atoms with Crippen LogP contribution in [0.3, 0.4) is 0 Å². The summed E-state index contributed by atoms with van der Waals surface area (Å²) in [5, 5.41) is 9.78. The molecule has 6 nitrogen and oxygen atoms in total. The van der Waals surface area contributed by atoms with Crippen LogP contribution in [0.1, 0.15) is 30.4 Å². The molecule has 7 heteroatoms. The Balaban J connectivity index is 1.73. The van der Waals surface area contributed by atoms with E-state index in [2.05, 4.69) is 46.4 Å². The first-order chi connectivity index (χ1) is 8.31. The number of aromatic amines is 1. The first-order valence-electron chi connectivity index (χ1n) is 5.44. The van der Waals surface area contributed by atoms with Crippen LogP contribution in [0, 0.1) is 0 Å². The minimum atomic E-state index is 0.540. The SMILES string of the molecule is Brc1cc(NCc2ncn[nH]2)nc(C2CC2)n1. The fourth-order valence-corrected chi connectivity index (χ4v) is 1.94. The number of aromatic nitrogens is 5. The largest absolute Gasteiger partial charge is 0.363 e. The van der Waals surface area contributed by atoms with Crippen LogP contribution in [0.5, 0.6) is 0 Å². The van der Waals surface area contributed by atoms with E-state index < -0.39 is 0 Å². The number of anilines is 1. The first-order valence-corrected chi connectivity index (χ1v) is 6.23. The van der Waals surface area contributed by atoms with Crippen LogP contribution < -0.4 is 5.32 Å². The fraction of sp³-hybridized carbons (Fsp3) is 0.400. The summed E-state index contributed by atoms with van der Waals surface area (Å²) >= 11 is 3.40. The summed E-state index contributed by atoms with van der Waals surface area (Å²) in [6.07, 6.45) is 3.87. The quantitative estimate of drug-likeness (QED) is 0.841. The molecule has 0 bridgehead atoms. The van der Waals surface area contributed by atoms with E-state index >= 15 is 0 Å². The standard InChI is InChI=1S/C10H11BrN6/c11-7-3-8(12-4-9-13-5-14-17-9)16-10(15-7)6-1-2-6/h3,5-6H,1-2,4H2,(H,12,15,16)(H,13,14,17). The molecule has 0 amide bonds. The summed E-state index contributed by atoms with van der Waals surface area (Å²) in [5.74, 6) is 3.05. The van der Waals surface area contributed by atoms with Gasteiger partial charge in [0.15, 0.2) is 0 Å². The van der Waals surface area contributed by atoms with E-state index in [1.165, 1.54) is 19.2 Å². The summed E-state index contributed by atoms with van der Waals surface area (Å²) in [6.45, 7) is 0.577. The number of hydrogen-bond donors (Lipinski definition) is 2. The molecule has 1 aliphatic rings. The van der Waals surface area contributed by atoms with Crippen molar-refractivity contribution in [2.45, 2.75) is 25.3 Å². The van der Waals surface area contributed by atoms with Gasteiger partial charge >= 0.3 is 0 Å². The molecule has 3 rings (SSSR count). The fourth-order valence-electron chi connectivity index (χ4n) is 1.54. The van der Waals surface area contributed by atoms with Gasteiger partial charge in [0, 0.05) is 12.0 Å². The highest BCUT2D eigenvalue weighted by Gasteiger charge is 2.27. The maximum Gasteiger partial charge on any atom is 0.143 e. The predicted octanol–water partition coefficient (Wildman–Crippen LogP) is 1.85. The number of H-pyrrole nitrogens is 1. The van der Waals surface area contributed by atoms with E-state index in [-0.39, 0.29) is 0 Å². The van der Waals surface area contributed by atoms with E-state index in [9.17, 15) is 0 Å². The van der Waals surface area contributed by atoms with E-state index in [1.807, 2.05) is 6.07 Å². The molecule has 0 spiro atoms. The molecule has 2 N–H and O–H groups in total. The van der Waals surface area contributed by atoms with Crippen molar-refractivity contribution in [1.82, 2.24) is 25.1 Å². The lowest BCUT2D eigenvalue weighted by Crippen LogP contribution is -2.05. The Labute approximate surface area is 106 Å². The number of halogens is 1. The summed E-state index contributed by atoms with van der Waals surface area (Å²) < 4.78 is 0.814. The number of nitrogens with zero attached hydrogens (tertiary/aromatic N) is 4. The average Bonchev–Trinajstić information content (AvgIpc) is 3.04. The second-order valence-corrected chi connectivity index (χ2v) is 4.81. The van der Waals surface area contributed by atoms with Crippen LogP contribution in [0.15, 0.2) is 17.0 Å². The second-order valence-electron chi connectivity index (χ2n) is 3.99. The van der Waals surface area contributed by atoms with Gasteiger partial charge in [-0.25, -0.2) is 15.0 Å². The minimum absolute atomic E-state index is 0.540. The molecule has 1 fully saturated rings. The molecular weight excluding hydrogens is 284 g/mol. The van der Waals surface area contributed by atoms with Gasteiger partial charge in [-0.05, 0) is 28.8 Å². The molecule has 1 aliphatic carbocycles. The molecule has 0 radical (unpaired) electrons. The van der Waals surface area contributed by atoms with Crippen molar-refractivity contribution in [3.8, 4) is 0 Å². The van der Waals surface area contributed by atoms with Crippen LogP contribution in [0.2, 0.25) is 0 Å². The van der Waals surface area contributed by atoms with Gasteiger partial charge < -0.3 is 5.32 Å². The van der Waals surface area contributed by atoms with Gasteiger partial charge in [0.2, 0.25) is 0 Å². The Bertz CT molecular complexity index is 508. The molecular formula is C10H11BrN6. The Hall–Kier alpha value is -1.50. The molecule has 2 heterocycles. The third-order valence-electron chi connectivity index (χ3n) is 2.56. The molecule has 0 aromatic carbocycles. The van der Waals surface area contributed by atoms with Gasteiger partial charge in [0.1, 0.15) is 28.4 Å². The normalized spacial score (nSPS) is 14.9. The third-order valence-corrected chi connectivity index (χ3v) is 2.96. The van der Waals surface area contributed by atoms with Crippen LogP contribution in [-0.4, -0.2) is 25.1 Å². The molecule has 0 aliphatic heterocycles. The van der Waals surface area contributed by atoms with E-state index in [4.69, 9.17) is 0 Å². The number of hydrogen-bond acceptors (Lipinski definition) is 5. The smallest absolute Gasteiger partial charge is 0.143 e. The Morgan fingerprint density at radius 3 is 3.00 bits per heavy atom. The minimum Gasteiger partial charge on any atom is -0.363 e. The van der Waals surface area contributed by atoms with Gasteiger partial charge in [-0.2, -0.15) is 5.10 Å². The molecule has 88 valence electrons. The van der Waals surface area contributed by atoms with Crippen molar-refractivity contribution in [2.75, 3.05) is 5.32 Å². The van der Waals surface area contributed by atoms with Crippen LogP contribution in [0.25, 0.3) is 0 Å². The van der Waals surface area contributed by atoms with Gasteiger partial charge in [0.25, 0.3) is 0 Å². The van der Waals surface area contributed by atoms with Crippen LogP contribution in [-0.2, 0) is 6.54 Å². The predicted molar refractivity (Wildman–Crippen MR) is 65.4 cm³/mol. The summed E-state index contributed by atoms with van der Waals surface area (Å²) in [6, 6.07) is 1.86. The first kappa shape index (κ1) is 10.6. The molecule has 0 unspecified atom stereocenters. The Morgan fingerprint density at radius 1 is 1.41 bits per heavy atom. The van der Waals surface area contributed by atoms with Crippen molar-refractivity contribution in [3.63, 3.8) is 0 Å². The zero-order chi connectivity index (χ0) is 11.7. The highest BCUT2D eigenvalue weighted by Crippen LogP contribution is 2.38. The Morgan fingerprint density at radius 2 is 2.29 bits per heavy atom.